The third-order valence-electron chi connectivity index (χ3n) is 3.99. The average Bonchev–Trinajstić information content (AvgIpc) is 3.25. The Morgan fingerprint density at radius 2 is 2.21 bits per heavy atom. The number of carbonyl (C=O) groups excluding carboxylic acids is 2. The minimum Gasteiger partial charge on any atom is -0.467 e. The Morgan fingerprint density at radius 1 is 1.38 bits per heavy atom. The zero-order chi connectivity index (χ0) is 17.1. The molecule has 5 nitrogen and oxygen atoms in total. The van der Waals surface area contributed by atoms with Gasteiger partial charge >= 0.3 is 0 Å². The summed E-state index contributed by atoms with van der Waals surface area (Å²) in [4.78, 5) is 26.8. The topological polar surface area (TPSA) is 62.6 Å². The number of furan rings is 1. The monoisotopic (exact) mass is 410 g/mol. The molecule has 0 aliphatic carbocycles. The summed E-state index contributed by atoms with van der Waals surface area (Å²) < 4.78 is 5.97. The number of nitrogens with zero attached hydrogens (tertiary/aromatic N) is 1. The van der Waals surface area contributed by atoms with Crippen molar-refractivity contribution in [2.24, 2.45) is 0 Å². The highest BCUT2D eigenvalue weighted by Gasteiger charge is 2.35. The molecule has 24 heavy (non-hydrogen) atoms. The van der Waals surface area contributed by atoms with Crippen molar-refractivity contribution >= 4 is 39.3 Å². The molecule has 1 N–H and O–H groups in total. The highest BCUT2D eigenvalue weighted by molar-refractivity contribution is 9.10. The highest BCUT2D eigenvalue weighted by atomic mass is 79.9. The molecule has 1 aliphatic rings. The van der Waals surface area contributed by atoms with E-state index in [1.165, 1.54) is 0 Å². The molecule has 1 aliphatic heterocycles. The first kappa shape index (κ1) is 17.0. The lowest BCUT2D eigenvalue weighted by Gasteiger charge is -2.24. The first-order chi connectivity index (χ1) is 11.6. The minimum absolute atomic E-state index is 0.177. The first-order valence-corrected chi connectivity index (χ1v) is 8.79. The molecule has 2 amide bonds. The van der Waals surface area contributed by atoms with E-state index in [2.05, 4.69) is 21.2 Å². The largest absolute Gasteiger partial charge is 0.467 e. The van der Waals surface area contributed by atoms with E-state index in [0.29, 0.717) is 35.9 Å². The predicted octanol–water partition coefficient (Wildman–Crippen LogP) is 3.62. The maximum atomic E-state index is 12.8. The summed E-state index contributed by atoms with van der Waals surface area (Å²) in [6.45, 7) is 0.850. The number of hydrogen-bond donors (Lipinski definition) is 1. The van der Waals surface area contributed by atoms with Gasteiger partial charge < -0.3 is 14.6 Å². The Kier molecular flexibility index (Phi) is 5.26. The van der Waals surface area contributed by atoms with Gasteiger partial charge in [-0.25, -0.2) is 0 Å². The molecular formula is C17H16BrClN2O3. The second kappa shape index (κ2) is 7.40. The Bertz CT molecular complexity index is 748. The van der Waals surface area contributed by atoms with E-state index in [1.54, 1.807) is 41.5 Å². The summed E-state index contributed by atoms with van der Waals surface area (Å²) in [6.07, 6.45) is 2.99. The molecule has 1 aromatic heterocycles. The number of nitrogens with one attached hydrogen (secondary N) is 1. The molecule has 0 saturated carbocycles. The van der Waals surface area contributed by atoms with Crippen molar-refractivity contribution in [1.82, 2.24) is 10.2 Å². The summed E-state index contributed by atoms with van der Waals surface area (Å²) >= 11 is 9.49. The van der Waals surface area contributed by atoms with Crippen molar-refractivity contribution < 1.29 is 14.0 Å². The molecule has 0 radical (unpaired) electrons. The molecule has 1 saturated heterocycles. The van der Waals surface area contributed by atoms with Crippen LogP contribution in [0.3, 0.4) is 0 Å². The van der Waals surface area contributed by atoms with Gasteiger partial charge in [-0.1, -0.05) is 27.5 Å². The van der Waals surface area contributed by atoms with E-state index in [0.717, 1.165) is 10.9 Å². The van der Waals surface area contributed by atoms with Crippen molar-refractivity contribution in [2.45, 2.75) is 25.4 Å². The van der Waals surface area contributed by atoms with Crippen LogP contribution in [0.25, 0.3) is 0 Å². The Balaban J connectivity index is 1.71. The molecule has 2 aromatic rings. The summed E-state index contributed by atoms with van der Waals surface area (Å²) in [6, 6.07) is 8.20. The number of rotatable bonds is 4. The van der Waals surface area contributed by atoms with Crippen LogP contribution < -0.4 is 5.32 Å². The third-order valence-corrected chi connectivity index (χ3v) is 4.81. The van der Waals surface area contributed by atoms with Crippen molar-refractivity contribution in [3.05, 3.63) is 57.4 Å². The number of benzene rings is 1. The van der Waals surface area contributed by atoms with Crippen LogP contribution in [-0.4, -0.2) is 29.3 Å². The molecule has 1 atom stereocenters. The van der Waals surface area contributed by atoms with Gasteiger partial charge in [0.15, 0.2) is 0 Å². The van der Waals surface area contributed by atoms with Crippen molar-refractivity contribution in [3.8, 4) is 0 Å². The zero-order valence-corrected chi connectivity index (χ0v) is 15.1. The van der Waals surface area contributed by atoms with E-state index in [4.69, 9.17) is 16.0 Å². The minimum atomic E-state index is -0.484. The molecule has 126 valence electrons. The summed E-state index contributed by atoms with van der Waals surface area (Å²) in [5.74, 6) is 0.273. The van der Waals surface area contributed by atoms with E-state index in [1.807, 2.05) is 0 Å². The fraction of sp³-hybridized carbons (Fsp3) is 0.294. The molecule has 0 spiro atoms. The fourth-order valence-electron chi connectivity index (χ4n) is 2.80. The second-order valence-electron chi connectivity index (χ2n) is 5.58. The number of amides is 2. The van der Waals surface area contributed by atoms with Gasteiger partial charge in [-0.2, -0.15) is 0 Å². The fourth-order valence-corrected chi connectivity index (χ4v) is 3.36. The lowest BCUT2D eigenvalue weighted by atomic mass is 10.1. The van der Waals surface area contributed by atoms with Gasteiger partial charge in [0.2, 0.25) is 5.91 Å². The SMILES string of the molecule is O=C(NCc1ccco1)C1CCCN1C(=O)c1cc(Br)ccc1Cl. The third kappa shape index (κ3) is 3.65. The predicted molar refractivity (Wildman–Crippen MR) is 93.8 cm³/mol. The Morgan fingerprint density at radius 3 is 2.96 bits per heavy atom. The van der Waals surface area contributed by atoms with Crippen LogP contribution in [0.2, 0.25) is 5.02 Å². The lowest BCUT2D eigenvalue weighted by Crippen LogP contribution is -2.45. The van der Waals surface area contributed by atoms with Gasteiger partial charge in [0.1, 0.15) is 11.8 Å². The van der Waals surface area contributed by atoms with Gasteiger partial charge in [-0.3, -0.25) is 9.59 Å². The Hall–Kier alpha value is -1.79. The van der Waals surface area contributed by atoms with Crippen LogP contribution in [0.15, 0.2) is 45.5 Å². The van der Waals surface area contributed by atoms with Gasteiger partial charge in [-0.05, 0) is 43.2 Å². The van der Waals surface area contributed by atoms with Crippen molar-refractivity contribution in [2.75, 3.05) is 6.54 Å². The molecule has 7 heteroatoms. The van der Waals surface area contributed by atoms with Crippen LogP contribution >= 0.6 is 27.5 Å². The number of halogens is 2. The maximum Gasteiger partial charge on any atom is 0.256 e. The smallest absolute Gasteiger partial charge is 0.256 e. The van der Waals surface area contributed by atoms with E-state index >= 15 is 0 Å². The van der Waals surface area contributed by atoms with Crippen LogP contribution in [0.5, 0.6) is 0 Å². The van der Waals surface area contributed by atoms with Gasteiger partial charge in [0.05, 0.1) is 23.4 Å². The van der Waals surface area contributed by atoms with Gasteiger partial charge in [0, 0.05) is 11.0 Å². The standard InChI is InChI=1S/C17H16BrClN2O3/c18-11-5-6-14(19)13(9-11)17(23)21-7-1-4-15(21)16(22)20-10-12-3-2-8-24-12/h2-3,5-6,8-9,15H,1,4,7,10H2,(H,20,22). The highest BCUT2D eigenvalue weighted by Crippen LogP contribution is 2.26. The van der Waals surface area contributed by atoms with Crippen molar-refractivity contribution in [1.29, 1.82) is 0 Å². The molecular weight excluding hydrogens is 396 g/mol. The van der Waals surface area contributed by atoms with Crippen LogP contribution in [0.4, 0.5) is 0 Å². The summed E-state index contributed by atoms with van der Waals surface area (Å²) in [7, 11) is 0. The average molecular weight is 412 g/mol. The Labute approximate surface area is 153 Å². The maximum absolute atomic E-state index is 12.8. The molecule has 1 unspecified atom stereocenters. The van der Waals surface area contributed by atoms with Crippen LogP contribution in [0.1, 0.15) is 29.0 Å². The van der Waals surface area contributed by atoms with E-state index in [9.17, 15) is 9.59 Å². The lowest BCUT2D eigenvalue weighted by molar-refractivity contribution is -0.125. The molecule has 3 rings (SSSR count). The van der Waals surface area contributed by atoms with Gasteiger partial charge in [0.25, 0.3) is 5.91 Å². The number of hydrogen-bond acceptors (Lipinski definition) is 3. The summed E-state index contributed by atoms with van der Waals surface area (Å²) in [5.41, 5.74) is 0.400. The number of likely N-dealkylation sites (tertiary alicyclic amines) is 1. The van der Waals surface area contributed by atoms with Crippen molar-refractivity contribution in [3.63, 3.8) is 0 Å². The second-order valence-corrected chi connectivity index (χ2v) is 6.90. The van der Waals surface area contributed by atoms with Crippen LogP contribution in [0, 0.1) is 0 Å². The summed E-state index contributed by atoms with van der Waals surface area (Å²) in [5, 5.41) is 3.20. The normalized spacial score (nSPS) is 17.1. The van der Waals surface area contributed by atoms with E-state index < -0.39 is 6.04 Å². The van der Waals surface area contributed by atoms with Crippen LogP contribution in [-0.2, 0) is 11.3 Å². The molecule has 1 aromatic carbocycles. The zero-order valence-electron chi connectivity index (χ0n) is 12.8. The number of carbonyl (C=O) groups is 2. The molecule has 2 heterocycles. The molecule has 1 fully saturated rings. The quantitative estimate of drug-likeness (QED) is 0.836. The van der Waals surface area contributed by atoms with E-state index in [-0.39, 0.29) is 11.8 Å². The first-order valence-electron chi connectivity index (χ1n) is 7.62. The van der Waals surface area contributed by atoms with Gasteiger partial charge in [-0.15, -0.1) is 0 Å². The molecule has 0 bridgehead atoms.